The summed E-state index contributed by atoms with van der Waals surface area (Å²) in [6.45, 7) is 10.9. The predicted octanol–water partition coefficient (Wildman–Crippen LogP) is 3.76. The van der Waals surface area contributed by atoms with E-state index in [4.69, 9.17) is 0 Å². The van der Waals surface area contributed by atoms with Gasteiger partial charge in [-0.1, -0.05) is 38.5 Å². The first-order chi connectivity index (χ1) is 6.89. The van der Waals surface area contributed by atoms with Crippen molar-refractivity contribution < 1.29 is 4.79 Å². The molecule has 2 unspecified atom stereocenters. The first kappa shape index (κ1) is 12.2. The lowest BCUT2D eigenvalue weighted by Gasteiger charge is -2.33. The summed E-state index contributed by atoms with van der Waals surface area (Å²) in [7, 11) is 0. The van der Waals surface area contributed by atoms with Gasteiger partial charge in [-0.2, -0.15) is 0 Å². The molecule has 1 nitrogen and oxygen atoms in total. The second-order valence-corrected chi connectivity index (χ2v) is 5.34. The molecule has 0 radical (unpaired) electrons. The van der Waals surface area contributed by atoms with Crippen LogP contribution >= 0.6 is 0 Å². The topological polar surface area (TPSA) is 17.1 Å². The van der Waals surface area contributed by atoms with Crippen LogP contribution in [-0.2, 0) is 4.79 Å². The lowest BCUT2D eigenvalue weighted by Crippen LogP contribution is -2.25. The van der Waals surface area contributed by atoms with Crippen molar-refractivity contribution in [1.82, 2.24) is 0 Å². The maximum Gasteiger partial charge on any atom is 0.145 e. The average molecular weight is 206 g/mol. The van der Waals surface area contributed by atoms with Crippen LogP contribution in [0.25, 0.3) is 0 Å². The van der Waals surface area contributed by atoms with Gasteiger partial charge in [0, 0.05) is 0 Å². The summed E-state index contributed by atoms with van der Waals surface area (Å²) in [6.07, 6.45) is 6.53. The number of aldehydes is 1. The van der Waals surface area contributed by atoms with Crippen LogP contribution in [-0.4, -0.2) is 6.29 Å². The number of hydrogen-bond donors (Lipinski definition) is 0. The molecule has 0 N–H and O–H groups in total. The van der Waals surface area contributed by atoms with Gasteiger partial charge in [0.2, 0.25) is 0 Å². The third kappa shape index (κ3) is 2.39. The number of allylic oxidation sites excluding steroid dienone is 4. The Labute approximate surface area is 93.3 Å². The highest BCUT2D eigenvalue weighted by Crippen LogP contribution is 2.47. The number of carbonyl (C=O) groups is 1. The zero-order valence-electron chi connectivity index (χ0n) is 10.5. The Hall–Kier alpha value is -0.850. The van der Waals surface area contributed by atoms with E-state index < -0.39 is 0 Å². The molecule has 0 amide bonds. The SMILES string of the molecule is CC(C=O)=CC(C)C1CC=C(C)C1(C)C. The van der Waals surface area contributed by atoms with Gasteiger partial charge < -0.3 is 0 Å². The van der Waals surface area contributed by atoms with Gasteiger partial charge in [-0.25, -0.2) is 0 Å². The Bertz CT molecular complexity index is 307. The van der Waals surface area contributed by atoms with E-state index in [-0.39, 0.29) is 5.41 Å². The summed E-state index contributed by atoms with van der Waals surface area (Å²) in [5.41, 5.74) is 2.61. The average Bonchev–Trinajstić information content (AvgIpc) is 2.41. The second-order valence-electron chi connectivity index (χ2n) is 5.34. The molecule has 1 heteroatoms. The molecule has 0 aromatic rings. The van der Waals surface area contributed by atoms with E-state index in [1.165, 1.54) is 5.57 Å². The van der Waals surface area contributed by atoms with E-state index in [0.29, 0.717) is 11.8 Å². The standard InChI is InChI=1S/C14H22O/c1-10(9-15)8-11(2)13-7-6-12(3)14(13,4)5/h6,8-9,11,13H,7H2,1-5H3. The van der Waals surface area contributed by atoms with Gasteiger partial charge in [0.25, 0.3) is 0 Å². The minimum Gasteiger partial charge on any atom is -0.298 e. The van der Waals surface area contributed by atoms with Crippen LogP contribution in [0.5, 0.6) is 0 Å². The van der Waals surface area contributed by atoms with Crippen LogP contribution in [0.3, 0.4) is 0 Å². The molecule has 15 heavy (non-hydrogen) atoms. The van der Waals surface area contributed by atoms with Crippen molar-refractivity contribution in [3.8, 4) is 0 Å². The maximum absolute atomic E-state index is 10.6. The fourth-order valence-electron chi connectivity index (χ4n) is 2.60. The number of hydrogen-bond acceptors (Lipinski definition) is 1. The van der Waals surface area contributed by atoms with E-state index in [0.717, 1.165) is 18.3 Å². The molecule has 0 aromatic heterocycles. The number of rotatable bonds is 3. The molecule has 0 fully saturated rings. The molecular formula is C14H22O. The quantitative estimate of drug-likeness (QED) is 0.390. The summed E-state index contributed by atoms with van der Waals surface area (Å²) >= 11 is 0. The Morgan fingerprint density at radius 1 is 1.60 bits per heavy atom. The molecule has 0 aromatic carbocycles. The lowest BCUT2D eigenvalue weighted by atomic mass is 9.71. The van der Waals surface area contributed by atoms with Gasteiger partial charge in [0.1, 0.15) is 6.29 Å². The third-order valence-corrected chi connectivity index (χ3v) is 3.97. The molecule has 2 atom stereocenters. The third-order valence-electron chi connectivity index (χ3n) is 3.97. The first-order valence-electron chi connectivity index (χ1n) is 5.70. The maximum atomic E-state index is 10.6. The van der Waals surface area contributed by atoms with Crippen LogP contribution in [0.2, 0.25) is 0 Å². The van der Waals surface area contributed by atoms with Crippen molar-refractivity contribution in [2.75, 3.05) is 0 Å². The van der Waals surface area contributed by atoms with E-state index in [2.05, 4.69) is 39.8 Å². The zero-order valence-corrected chi connectivity index (χ0v) is 10.5. The summed E-state index contributed by atoms with van der Waals surface area (Å²) in [5.74, 6) is 1.10. The molecule has 0 aliphatic heterocycles. The van der Waals surface area contributed by atoms with Crippen LogP contribution in [0.15, 0.2) is 23.3 Å². The first-order valence-corrected chi connectivity index (χ1v) is 5.70. The number of carbonyl (C=O) groups excluding carboxylic acids is 1. The van der Waals surface area contributed by atoms with Crippen LogP contribution in [0.4, 0.5) is 0 Å². The predicted molar refractivity (Wildman–Crippen MR) is 64.6 cm³/mol. The highest BCUT2D eigenvalue weighted by molar-refractivity contribution is 5.72. The van der Waals surface area contributed by atoms with Crippen molar-refractivity contribution >= 4 is 6.29 Å². The monoisotopic (exact) mass is 206 g/mol. The van der Waals surface area contributed by atoms with Gasteiger partial charge in [-0.3, -0.25) is 4.79 Å². The summed E-state index contributed by atoms with van der Waals surface area (Å²) in [4.78, 5) is 10.6. The Morgan fingerprint density at radius 2 is 2.20 bits per heavy atom. The van der Waals surface area contributed by atoms with E-state index in [9.17, 15) is 4.79 Å². The molecule has 1 rings (SSSR count). The van der Waals surface area contributed by atoms with Crippen molar-refractivity contribution in [2.45, 2.75) is 41.0 Å². The van der Waals surface area contributed by atoms with Crippen molar-refractivity contribution in [3.63, 3.8) is 0 Å². The molecule has 1 aliphatic carbocycles. The van der Waals surface area contributed by atoms with Crippen molar-refractivity contribution in [3.05, 3.63) is 23.3 Å². The van der Waals surface area contributed by atoms with Crippen LogP contribution in [0.1, 0.15) is 41.0 Å². The normalized spacial score (nSPS) is 27.4. The second kappa shape index (κ2) is 4.34. The lowest BCUT2D eigenvalue weighted by molar-refractivity contribution is -0.104. The fraction of sp³-hybridized carbons (Fsp3) is 0.643. The molecule has 0 saturated carbocycles. The fourth-order valence-corrected chi connectivity index (χ4v) is 2.60. The van der Waals surface area contributed by atoms with Gasteiger partial charge in [-0.15, -0.1) is 0 Å². The Morgan fingerprint density at radius 3 is 2.60 bits per heavy atom. The molecule has 0 spiro atoms. The summed E-state index contributed by atoms with van der Waals surface area (Å²) < 4.78 is 0. The molecule has 84 valence electrons. The Kier molecular flexibility index (Phi) is 3.54. The Balaban J connectivity index is 2.80. The minimum absolute atomic E-state index is 0.277. The molecule has 0 heterocycles. The van der Waals surface area contributed by atoms with Crippen molar-refractivity contribution in [2.24, 2.45) is 17.3 Å². The summed E-state index contributed by atoms with van der Waals surface area (Å²) in [5, 5.41) is 0. The van der Waals surface area contributed by atoms with Gasteiger partial charge >= 0.3 is 0 Å². The van der Waals surface area contributed by atoms with E-state index >= 15 is 0 Å². The van der Waals surface area contributed by atoms with Crippen LogP contribution in [0, 0.1) is 17.3 Å². The molecule has 0 bridgehead atoms. The molecule has 1 aliphatic rings. The van der Waals surface area contributed by atoms with Crippen molar-refractivity contribution in [1.29, 1.82) is 0 Å². The molecule has 0 saturated heterocycles. The highest BCUT2D eigenvalue weighted by atomic mass is 16.1. The van der Waals surface area contributed by atoms with E-state index in [1.807, 2.05) is 6.92 Å². The smallest absolute Gasteiger partial charge is 0.145 e. The zero-order chi connectivity index (χ0) is 11.6. The highest BCUT2D eigenvalue weighted by Gasteiger charge is 2.37. The summed E-state index contributed by atoms with van der Waals surface area (Å²) in [6, 6.07) is 0. The molecular weight excluding hydrogens is 184 g/mol. The van der Waals surface area contributed by atoms with Gasteiger partial charge in [0.05, 0.1) is 0 Å². The largest absolute Gasteiger partial charge is 0.298 e. The van der Waals surface area contributed by atoms with Gasteiger partial charge in [-0.05, 0) is 43.1 Å². The van der Waals surface area contributed by atoms with Gasteiger partial charge in [0.15, 0.2) is 0 Å². The van der Waals surface area contributed by atoms with E-state index in [1.54, 1.807) is 0 Å². The minimum atomic E-state index is 0.277. The van der Waals surface area contributed by atoms with Crippen LogP contribution < -0.4 is 0 Å².